The lowest BCUT2D eigenvalue weighted by atomic mass is 10.1. The summed E-state index contributed by atoms with van der Waals surface area (Å²) >= 11 is 5.97. The van der Waals surface area contributed by atoms with Crippen LogP contribution < -0.4 is 11.3 Å². The molecule has 0 fully saturated rings. The van der Waals surface area contributed by atoms with Gasteiger partial charge in [-0.1, -0.05) is 23.7 Å². The highest BCUT2D eigenvalue weighted by Crippen LogP contribution is 2.21. The van der Waals surface area contributed by atoms with Crippen LogP contribution in [0.15, 0.2) is 47.3 Å². The molecule has 0 spiro atoms. The standard InChI is InChI=1S/C22H23ClF2N4O/c23-17-3-1-15(2-4-17)13-29-22(30)20-14-27(7-5-21(20)28(29)8-6-26)12-16-9-18(24)11-19(25)10-16/h1-4,9-11H,5-8,12-14,26H2. The van der Waals surface area contributed by atoms with Gasteiger partial charge >= 0.3 is 0 Å². The molecule has 0 saturated heterocycles. The van der Waals surface area contributed by atoms with E-state index in [1.165, 1.54) is 12.1 Å². The molecule has 2 aromatic carbocycles. The second-order valence-corrected chi connectivity index (χ2v) is 8.00. The fraction of sp³-hybridized carbons (Fsp3) is 0.318. The van der Waals surface area contributed by atoms with Gasteiger partial charge in [-0.05, 0) is 35.4 Å². The lowest BCUT2D eigenvalue weighted by Gasteiger charge is -2.27. The van der Waals surface area contributed by atoms with Crippen molar-refractivity contribution in [1.29, 1.82) is 0 Å². The molecule has 1 aliphatic heterocycles. The minimum absolute atomic E-state index is 0.0523. The average molecular weight is 433 g/mol. The lowest BCUT2D eigenvalue weighted by Crippen LogP contribution is -2.32. The van der Waals surface area contributed by atoms with E-state index in [1.54, 1.807) is 16.8 Å². The molecule has 0 amide bonds. The van der Waals surface area contributed by atoms with Crippen LogP contribution in [0.5, 0.6) is 0 Å². The molecule has 30 heavy (non-hydrogen) atoms. The third kappa shape index (κ3) is 4.33. The molecule has 2 N–H and O–H groups in total. The molecule has 5 nitrogen and oxygen atoms in total. The van der Waals surface area contributed by atoms with Crippen LogP contribution in [0, 0.1) is 11.6 Å². The molecule has 0 saturated carbocycles. The van der Waals surface area contributed by atoms with Crippen molar-refractivity contribution < 1.29 is 8.78 Å². The summed E-state index contributed by atoms with van der Waals surface area (Å²) in [5.41, 5.74) is 8.99. The number of nitrogens with two attached hydrogens (primary N) is 1. The predicted octanol–water partition coefficient (Wildman–Crippen LogP) is 3.15. The number of hydrogen-bond acceptors (Lipinski definition) is 3. The molecule has 8 heteroatoms. The molecule has 0 unspecified atom stereocenters. The Morgan fingerprint density at radius 3 is 2.33 bits per heavy atom. The second kappa shape index (κ2) is 8.71. The number of benzene rings is 2. The van der Waals surface area contributed by atoms with Gasteiger partial charge in [-0.2, -0.15) is 0 Å². The molecule has 0 bridgehead atoms. The van der Waals surface area contributed by atoms with Crippen LogP contribution in [-0.2, 0) is 32.6 Å². The van der Waals surface area contributed by atoms with Gasteiger partial charge in [0.05, 0.1) is 18.7 Å². The van der Waals surface area contributed by atoms with Gasteiger partial charge in [-0.25, -0.2) is 13.5 Å². The van der Waals surface area contributed by atoms with E-state index >= 15 is 0 Å². The van der Waals surface area contributed by atoms with Crippen LogP contribution in [0.4, 0.5) is 8.78 Å². The molecule has 0 atom stereocenters. The SMILES string of the molecule is NCCn1c2c(c(=O)n1Cc1ccc(Cl)cc1)CN(Cc1cc(F)cc(F)c1)CC2. The number of nitrogens with zero attached hydrogens (tertiary/aromatic N) is 3. The van der Waals surface area contributed by atoms with Gasteiger partial charge in [-0.3, -0.25) is 14.4 Å². The van der Waals surface area contributed by atoms with Gasteiger partial charge in [0.15, 0.2) is 0 Å². The monoisotopic (exact) mass is 432 g/mol. The van der Waals surface area contributed by atoms with Crippen molar-refractivity contribution in [1.82, 2.24) is 14.3 Å². The maximum Gasteiger partial charge on any atom is 0.271 e. The summed E-state index contributed by atoms with van der Waals surface area (Å²) in [6.45, 7) is 2.91. The molecule has 1 aliphatic rings. The fourth-order valence-electron chi connectivity index (χ4n) is 4.09. The van der Waals surface area contributed by atoms with E-state index in [4.69, 9.17) is 17.3 Å². The third-order valence-electron chi connectivity index (χ3n) is 5.41. The maximum absolute atomic E-state index is 13.5. The first kappa shape index (κ1) is 20.8. The quantitative estimate of drug-likeness (QED) is 0.651. The van der Waals surface area contributed by atoms with Crippen molar-refractivity contribution >= 4 is 11.6 Å². The van der Waals surface area contributed by atoms with Gasteiger partial charge < -0.3 is 5.73 Å². The van der Waals surface area contributed by atoms with Crippen LogP contribution in [0.3, 0.4) is 0 Å². The van der Waals surface area contributed by atoms with E-state index in [2.05, 4.69) is 0 Å². The van der Waals surface area contributed by atoms with Gasteiger partial charge in [0.25, 0.3) is 5.56 Å². The highest BCUT2D eigenvalue weighted by Gasteiger charge is 2.26. The van der Waals surface area contributed by atoms with E-state index in [0.717, 1.165) is 22.9 Å². The van der Waals surface area contributed by atoms with Crippen molar-refractivity contribution in [2.75, 3.05) is 13.1 Å². The zero-order valence-electron chi connectivity index (χ0n) is 16.5. The molecule has 3 aromatic rings. The van der Waals surface area contributed by atoms with E-state index in [9.17, 15) is 13.6 Å². The first-order valence-electron chi connectivity index (χ1n) is 9.88. The maximum atomic E-state index is 13.5. The van der Waals surface area contributed by atoms with Crippen molar-refractivity contribution in [3.8, 4) is 0 Å². The van der Waals surface area contributed by atoms with Crippen molar-refractivity contribution in [3.05, 3.63) is 91.9 Å². The van der Waals surface area contributed by atoms with Crippen LogP contribution in [0.2, 0.25) is 5.02 Å². The Kier molecular flexibility index (Phi) is 6.04. The molecule has 0 radical (unpaired) electrons. The fourth-order valence-corrected chi connectivity index (χ4v) is 4.22. The zero-order valence-corrected chi connectivity index (χ0v) is 17.2. The summed E-state index contributed by atoms with van der Waals surface area (Å²) < 4.78 is 30.8. The van der Waals surface area contributed by atoms with Crippen molar-refractivity contribution in [3.63, 3.8) is 0 Å². The molecular weight excluding hydrogens is 410 g/mol. The van der Waals surface area contributed by atoms with Crippen LogP contribution >= 0.6 is 11.6 Å². The second-order valence-electron chi connectivity index (χ2n) is 7.56. The number of halogens is 3. The topological polar surface area (TPSA) is 56.2 Å². The largest absolute Gasteiger partial charge is 0.329 e. The smallest absolute Gasteiger partial charge is 0.271 e. The van der Waals surface area contributed by atoms with Gasteiger partial charge in [0.1, 0.15) is 11.6 Å². The lowest BCUT2D eigenvalue weighted by molar-refractivity contribution is 0.240. The summed E-state index contributed by atoms with van der Waals surface area (Å²) in [5, 5.41) is 0.646. The van der Waals surface area contributed by atoms with Gasteiger partial charge in [0, 0.05) is 49.4 Å². The van der Waals surface area contributed by atoms with E-state index in [1.807, 2.05) is 21.7 Å². The summed E-state index contributed by atoms with van der Waals surface area (Å²) in [6, 6.07) is 10.9. The normalized spacial score (nSPS) is 14.1. The average Bonchev–Trinajstić information content (AvgIpc) is 2.95. The van der Waals surface area contributed by atoms with Gasteiger partial charge in [0.2, 0.25) is 0 Å². The van der Waals surface area contributed by atoms with E-state index < -0.39 is 11.6 Å². The minimum Gasteiger partial charge on any atom is -0.329 e. The van der Waals surface area contributed by atoms with Crippen LogP contribution in [0.25, 0.3) is 0 Å². The Morgan fingerprint density at radius 2 is 1.67 bits per heavy atom. The third-order valence-corrected chi connectivity index (χ3v) is 5.66. The number of fused-ring (bicyclic) bond motifs is 1. The minimum atomic E-state index is -0.595. The highest BCUT2D eigenvalue weighted by atomic mass is 35.5. The van der Waals surface area contributed by atoms with Crippen LogP contribution in [-0.4, -0.2) is 27.4 Å². The van der Waals surface area contributed by atoms with Crippen molar-refractivity contribution in [2.24, 2.45) is 5.73 Å². The first-order valence-corrected chi connectivity index (χ1v) is 10.3. The number of rotatable bonds is 6. The van der Waals surface area contributed by atoms with E-state index in [-0.39, 0.29) is 5.56 Å². The molecular formula is C22H23ClF2N4O. The summed E-state index contributed by atoms with van der Waals surface area (Å²) in [4.78, 5) is 15.3. The summed E-state index contributed by atoms with van der Waals surface area (Å²) in [5.74, 6) is -1.19. The molecule has 4 rings (SSSR count). The molecule has 1 aromatic heterocycles. The molecule has 2 heterocycles. The Labute approximate surface area is 178 Å². The zero-order chi connectivity index (χ0) is 21.3. The number of aromatic nitrogens is 2. The van der Waals surface area contributed by atoms with E-state index in [0.29, 0.717) is 56.3 Å². The predicted molar refractivity (Wildman–Crippen MR) is 112 cm³/mol. The Bertz CT molecular complexity index is 1090. The van der Waals surface area contributed by atoms with Gasteiger partial charge in [-0.15, -0.1) is 0 Å². The molecule has 0 aliphatic carbocycles. The first-order chi connectivity index (χ1) is 14.4. The Hall–Kier alpha value is -2.48. The Morgan fingerprint density at radius 1 is 0.967 bits per heavy atom. The highest BCUT2D eigenvalue weighted by molar-refractivity contribution is 6.30. The van der Waals surface area contributed by atoms with Crippen molar-refractivity contribution in [2.45, 2.75) is 32.6 Å². The summed E-state index contributed by atoms with van der Waals surface area (Å²) in [7, 11) is 0. The number of hydrogen-bond donors (Lipinski definition) is 1. The van der Waals surface area contributed by atoms with Crippen LogP contribution in [0.1, 0.15) is 22.4 Å². The Balaban J connectivity index is 1.62. The summed E-state index contributed by atoms with van der Waals surface area (Å²) in [6.07, 6.45) is 0.677. The molecule has 158 valence electrons.